The summed E-state index contributed by atoms with van der Waals surface area (Å²) in [4.78, 5) is 26.2. The molecular formula is C19H18F2N2O2. The molecule has 2 aromatic rings. The van der Waals surface area contributed by atoms with Gasteiger partial charge in [0, 0.05) is 18.7 Å². The fraction of sp³-hybridized carbons (Fsp3) is 0.263. The van der Waals surface area contributed by atoms with Gasteiger partial charge in [-0.2, -0.15) is 0 Å². The van der Waals surface area contributed by atoms with E-state index in [1.165, 1.54) is 12.1 Å². The van der Waals surface area contributed by atoms with Crippen LogP contribution in [0.15, 0.2) is 48.5 Å². The molecule has 3 rings (SSSR count). The molecule has 0 spiro atoms. The number of hydrogen-bond acceptors (Lipinski definition) is 2. The number of benzene rings is 2. The number of rotatable bonds is 5. The molecule has 4 nitrogen and oxygen atoms in total. The summed E-state index contributed by atoms with van der Waals surface area (Å²) in [6.07, 6.45) is 0.203. The van der Waals surface area contributed by atoms with Gasteiger partial charge >= 0.3 is 0 Å². The monoisotopic (exact) mass is 344 g/mol. The minimum Gasteiger partial charge on any atom is -0.344 e. The van der Waals surface area contributed by atoms with E-state index in [1.54, 1.807) is 4.90 Å². The maximum Gasteiger partial charge on any atom is 0.245 e. The van der Waals surface area contributed by atoms with E-state index < -0.39 is 23.6 Å². The fourth-order valence-corrected chi connectivity index (χ4v) is 2.94. The maximum absolute atomic E-state index is 13.6. The molecular weight excluding hydrogens is 326 g/mol. The van der Waals surface area contributed by atoms with Crippen LogP contribution in [-0.4, -0.2) is 29.3 Å². The average molecular weight is 344 g/mol. The van der Waals surface area contributed by atoms with Crippen LogP contribution in [0.3, 0.4) is 0 Å². The first-order chi connectivity index (χ1) is 12.0. The van der Waals surface area contributed by atoms with Crippen molar-refractivity contribution in [1.29, 1.82) is 0 Å². The number of likely N-dealkylation sites (tertiary alicyclic amines) is 1. The van der Waals surface area contributed by atoms with E-state index in [1.807, 2.05) is 30.3 Å². The summed E-state index contributed by atoms with van der Waals surface area (Å²) in [5.41, 5.74) is 0.994. The Kier molecular flexibility index (Phi) is 5.07. The summed E-state index contributed by atoms with van der Waals surface area (Å²) in [6, 6.07) is 12.7. The van der Waals surface area contributed by atoms with Crippen LogP contribution in [0.2, 0.25) is 0 Å². The molecule has 6 heteroatoms. The van der Waals surface area contributed by atoms with E-state index in [4.69, 9.17) is 0 Å². The van der Waals surface area contributed by atoms with E-state index in [2.05, 4.69) is 5.32 Å². The topological polar surface area (TPSA) is 49.4 Å². The van der Waals surface area contributed by atoms with Crippen molar-refractivity contribution in [2.24, 2.45) is 0 Å². The molecule has 2 aromatic carbocycles. The highest BCUT2D eigenvalue weighted by atomic mass is 19.2. The molecule has 1 aliphatic heterocycles. The first-order valence-electron chi connectivity index (χ1n) is 8.09. The number of amides is 2. The molecule has 0 unspecified atom stereocenters. The smallest absolute Gasteiger partial charge is 0.245 e. The van der Waals surface area contributed by atoms with Crippen LogP contribution in [0.4, 0.5) is 8.78 Å². The van der Waals surface area contributed by atoms with Gasteiger partial charge in [-0.05, 0) is 18.1 Å². The van der Waals surface area contributed by atoms with E-state index in [9.17, 15) is 18.4 Å². The predicted molar refractivity (Wildman–Crippen MR) is 88.5 cm³/mol. The van der Waals surface area contributed by atoms with Gasteiger partial charge in [0.15, 0.2) is 11.6 Å². The molecule has 1 saturated heterocycles. The Morgan fingerprint density at radius 1 is 1.12 bits per heavy atom. The normalized spacial score (nSPS) is 17.0. The Labute approximate surface area is 144 Å². The predicted octanol–water partition coefficient (Wildman–Crippen LogP) is 2.42. The van der Waals surface area contributed by atoms with Crippen LogP contribution in [0.25, 0.3) is 0 Å². The van der Waals surface area contributed by atoms with E-state index in [0.717, 1.165) is 11.6 Å². The number of halogens is 2. The van der Waals surface area contributed by atoms with E-state index >= 15 is 0 Å². The van der Waals surface area contributed by atoms with Crippen molar-refractivity contribution in [2.45, 2.75) is 25.4 Å². The first kappa shape index (κ1) is 17.1. The molecule has 130 valence electrons. The molecule has 25 heavy (non-hydrogen) atoms. The van der Waals surface area contributed by atoms with Gasteiger partial charge in [0.1, 0.15) is 6.04 Å². The Bertz CT molecular complexity index is 780. The Morgan fingerprint density at radius 3 is 2.64 bits per heavy atom. The lowest BCUT2D eigenvalue weighted by atomic mass is 10.1. The molecule has 0 aliphatic carbocycles. The zero-order valence-corrected chi connectivity index (χ0v) is 13.5. The van der Waals surface area contributed by atoms with E-state index in [-0.39, 0.29) is 17.9 Å². The lowest BCUT2D eigenvalue weighted by Gasteiger charge is -2.17. The van der Waals surface area contributed by atoms with E-state index in [0.29, 0.717) is 19.5 Å². The molecule has 0 radical (unpaired) electrons. The Balaban J connectivity index is 1.57. The van der Waals surface area contributed by atoms with Crippen molar-refractivity contribution in [1.82, 2.24) is 10.2 Å². The number of nitrogens with zero attached hydrogens (tertiary/aromatic N) is 1. The molecule has 0 aromatic heterocycles. The second-order valence-corrected chi connectivity index (χ2v) is 6.04. The van der Waals surface area contributed by atoms with Crippen LogP contribution in [0.1, 0.15) is 17.5 Å². The first-order valence-corrected chi connectivity index (χ1v) is 8.09. The molecule has 2 amide bonds. The van der Waals surface area contributed by atoms with Crippen molar-refractivity contribution in [2.75, 3.05) is 6.54 Å². The lowest BCUT2D eigenvalue weighted by molar-refractivity contribution is -0.132. The molecule has 1 atom stereocenters. The standard InChI is InChI=1S/C19H18F2N2O2/c20-15-8-4-7-14(18(15)21)11-17(24)22-16-9-10-23(19(16)25)12-13-5-2-1-3-6-13/h1-8,16H,9-12H2,(H,22,24)/t16-/m1/s1. The summed E-state index contributed by atoms with van der Waals surface area (Å²) in [5, 5.41) is 2.62. The molecule has 1 heterocycles. The molecule has 1 N–H and O–H groups in total. The van der Waals surface area contributed by atoms with Gasteiger partial charge < -0.3 is 10.2 Å². The number of nitrogens with one attached hydrogen (secondary N) is 1. The number of hydrogen-bond donors (Lipinski definition) is 1. The van der Waals surface area contributed by atoms with Gasteiger partial charge in [0.05, 0.1) is 6.42 Å². The van der Waals surface area contributed by atoms with Gasteiger partial charge in [-0.15, -0.1) is 0 Å². The number of carbonyl (C=O) groups excluding carboxylic acids is 2. The number of carbonyl (C=O) groups is 2. The summed E-state index contributed by atoms with van der Waals surface area (Å²) in [6.45, 7) is 1.04. The van der Waals surface area contributed by atoms with Crippen LogP contribution >= 0.6 is 0 Å². The van der Waals surface area contributed by atoms with Crippen LogP contribution in [0.5, 0.6) is 0 Å². The Morgan fingerprint density at radius 2 is 1.88 bits per heavy atom. The van der Waals surface area contributed by atoms with Gasteiger partial charge in [0.25, 0.3) is 0 Å². The van der Waals surface area contributed by atoms with Crippen molar-refractivity contribution < 1.29 is 18.4 Å². The zero-order valence-electron chi connectivity index (χ0n) is 13.5. The van der Waals surface area contributed by atoms with Gasteiger partial charge in [-0.3, -0.25) is 9.59 Å². The van der Waals surface area contributed by atoms with Crippen molar-refractivity contribution in [3.05, 3.63) is 71.3 Å². The molecule has 1 aliphatic rings. The van der Waals surface area contributed by atoms with Crippen molar-refractivity contribution in [3.63, 3.8) is 0 Å². The third kappa shape index (κ3) is 4.02. The van der Waals surface area contributed by atoms with Gasteiger partial charge in [-0.1, -0.05) is 42.5 Å². The molecule has 1 fully saturated rings. The second kappa shape index (κ2) is 7.42. The minimum absolute atomic E-state index is 0.0240. The summed E-state index contributed by atoms with van der Waals surface area (Å²) < 4.78 is 26.8. The van der Waals surface area contributed by atoms with Crippen molar-refractivity contribution in [3.8, 4) is 0 Å². The molecule has 0 saturated carbocycles. The highest BCUT2D eigenvalue weighted by Gasteiger charge is 2.32. The SMILES string of the molecule is O=C(Cc1cccc(F)c1F)N[C@@H]1CCN(Cc2ccccc2)C1=O. The highest BCUT2D eigenvalue weighted by molar-refractivity contribution is 5.89. The summed E-state index contributed by atoms with van der Waals surface area (Å²) in [5.74, 6) is -2.67. The molecule has 0 bridgehead atoms. The minimum atomic E-state index is -1.03. The second-order valence-electron chi connectivity index (χ2n) is 6.04. The maximum atomic E-state index is 13.6. The summed E-state index contributed by atoms with van der Waals surface area (Å²) in [7, 11) is 0. The largest absolute Gasteiger partial charge is 0.344 e. The van der Waals surface area contributed by atoms with Crippen LogP contribution in [0, 0.1) is 11.6 Å². The average Bonchev–Trinajstić information content (AvgIpc) is 2.93. The third-order valence-corrected chi connectivity index (χ3v) is 4.23. The quantitative estimate of drug-likeness (QED) is 0.906. The zero-order chi connectivity index (χ0) is 17.8. The fourth-order valence-electron chi connectivity index (χ4n) is 2.94. The highest BCUT2D eigenvalue weighted by Crippen LogP contribution is 2.16. The Hall–Kier alpha value is -2.76. The third-order valence-electron chi connectivity index (χ3n) is 4.23. The van der Waals surface area contributed by atoms with Gasteiger partial charge in [0.2, 0.25) is 11.8 Å². The lowest BCUT2D eigenvalue weighted by Crippen LogP contribution is -2.42. The van der Waals surface area contributed by atoms with Crippen LogP contribution in [-0.2, 0) is 22.6 Å². The summed E-state index contributed by atoms with van der Waals surface area (Å²) >= 11 is 0. The van der Waals surface area contributed by atoms with Crippen molar-refractivity contribution >= 4 is 11.8 Å². The van der Waals surface area contributed by atoms with Gasteiger partial charge in [-0.25, -0.2) is 8.78 Å². The van der Waals surface area contributed by atoms with Crippen LogP contribution < -0.4 is 5.32 Å².